The van der Waals surface area contributed by atoms with E-state index < -0.39 is 0 Å². The zero-order valence-corrected chi connectivity index (χ0v) is 9.17. The van der Waals surface area contributed by atoms with E-state index in [1.807, 2.05) is 0 Å². The molecule has 0 aromatic carbocycles. The van der Waals surface area contributed by atoms with E-state index in [0.29, 0.717) is 0 Å². The van der Waals surface area contributed by atoms with Gasteiger partial charge in [0.15, 0.2) is 0 Å². The molecule has 2 saturated heterocycles. The summed E-state index contributed by atoms with van der Waals surface area (Å²) in [4.78, 5) is 2.54. The van der Waals surface area contributed by atoms with E-state index in [9.17, 15) is 0 Å². The Bertz CT molecular complexity index is 184. The molecule has 2 rings (SSSR count). The largest absolute Gasteiger partial charge is 0.381 e. The standard InChI is InChI=1S/C11H22N2O/c1-2-5-11(12)8-13(9-11)10-3-6-14-7-4-10/h10H,2-9,12H2,1H3. The predicted octanol–water partition coefficient (Wildman–Crippen LogP) is 0.979. The van der Waals surface area contributed by atoms with Crippen LogP contribution in [0.25, 0.3) is 0 Å². The second kappa shape index (κ2) is 4.17. The number of nitrogens with zero attached hydrogens (tertiary/aromatic N) is 1. The van der Waals surface area contributed by atoms with Crippen LogP contribution in [0, 0.1) is 0 Å². The highest BCUT2D eigenvalue weighted by Crippen LogP contribution is 2.28. The summed E-state index contributed by atoms with van der Waals surface area (Å²) in [5.41, 5.74) is 6.37. The van der Waals surface area contributed by atoms with Crippen LogP contribution in [-0.4, -0.2) is 42.8 Å². The van der Waals surface area contributed by atoms with Crippen molar-refractivity contribution in [2.45, 2.75) is 44.2 Å². The van der Waals surface area contributed by atoms with Gasteiger partial charge in [-0.2, -0.15) is 0 Å². The fraction of sp³-hybridized carbons (Fsp3) is 1.00. The molecule has 0 radical (unpaired) electrons. The highest BCUT2D eigenvalue weighted by molar-refractivity contribution is 5.01. The Kier molecular flexibility index (Phi) is 3.10. The van der Waals surface area contributed by atoms with Crippen molar-refractivity contribution in [2.75, 3.05) is 26.3 Å². The van der Waals surface area contributed by atoms with Crippen LogP contribution in [0.5, 0.6) is 0 Å². The first-order valence-corrected chi connectivity index (χ1v) is 5.84. The maximum Gasteiger partial charge on any atom is 0.0480 e. The molecule has 0 aromatic rings. The molecule has 14 heavy (non-hydrogen) atoms. The maximum absolute atomic E-state index is 6.24. The minimum absolute atomic E-state index is 0.132. The average Bonchev–Trinajstić information content (AvgIpc) is 2.16. The monoisotopic (exact) mass is 198 g/mol. The summed E-state index contributed by atoms with van der Waals surface area (Å²) >= 11 is 0. The van der Waals surface area contributed by atoms with Gasteiger partial charge in [0.25, 0.3) is 0 Å². The van der Waals surface area contributed by atoms with E-state index in [-0.39, 0.29) is 5.54 Å². The molecule has 0 amide bonds. The number of ether oxygens (including phenoxy) is 1. The lowest BCUT2D eigenvalue weighted by atomic mass is 9.84. The zero-order chi connectivity index (χ0) is 10.0. The molecule has 0 aromatic heterocycles. The molecule has 3 nitrogen and oxygen atoms in total. The lowest BCUT2D eigenvalue weighted by Gasteiger charge is -2.52. The molecule has 2 N–H and O–H groups in total. The molecule has 2 fully saturated rings. The highest BCUT2D eigenvalue weighted by atomic mass is 16.5. The van der Waals surface area contributed by atoms with Crippen LogP contribution in [0.3, 0.4) is 0 Å². The van der Waals surface area contributed by atoms with Gasteiger partial charge in [-0.1, -0.05) is 13.3 Å². The van der Waals surface area contributed by atoms with E-state index in [2.05, 4.69) is 11.8 Å². The molecule has 0 aliphatic carbocycles. The summed E-state index contributed by atoms with van der Waals surface area (Å²) in [6.07, 6.45) is 4.77. The molecule has 0 spiro atoms. The summed E-state index contributed by atoms with van der Waals surface area (Å²) in [7, 11) is 0. The van der Waals surface area contributed by atoms with E-state index in [1.165, 1.54) is 25.7 Å². The topological polar surface area (TPSA) is 38.5 Å². The molecule has 0 saturated carbocycles. The first-order valence-electron chi connectivity index (χ1n) is 5.84. The van der Waals surface area contributed by atoms with Gasteiger partial charge in [-0.05, 0) is 19.3 Å². The third kappa shape index (κ3) is 2.10. The lowest BCUT2D eigenvalue weighted by Crippen LogP contribution is -2.69. The molecule has 2 aliphatic heterocycles. The third-order valence-corrected chi connectivity index (χ3v) is 3.49. The molecule has 2 heterocycles. The Morgan fingerprint density at radius 1 is 1.36 bits per heavy atom. The summed E-state index contributed by atoms with van der Waals surface area (Å²) in [5.74, 6) is 0. The Hall–Kier alpha value is -0.120. The molecular formula is C11H22N2O. The third-order valence-electron chi connectivity index (χ3n) is 3.49. The molecular weight excluding hydrogens is 176 g/mol. The van der Waals surface area contributed by atoms with E-state index in [1.54, 1.807) is 0 Å². The van der Waals surface area contributed by atoms with Gasteiger partial charge >= 0.3 is 0 Å². The second-order valence-electron chi connectivity index (χ2n) is 4.86. The Balaban J connectivity index is 1.75. The van der Waals surface area contributed by atoms with Gasteiger partial charge < -0.3 is 10.5 Å². The Morgan fingerprint density at radius 2 is 2.00 bits per heavy atom. The van der Waals surface area contributed by atoms with Gasteiger partial charge in [0.2, 0.25) is 0 Å². The minimum atomic E-state index is 0.132. The maximum atomic E-state index is 6.24. The molecule has 82 valence electrons. The van der Waals surface area contributed by atoms with Gasteiger partial charge in [-0.3, -0.25) is 4.90 Å². The normalized spacial score (nSPS) is 28.7. The fourth-order valence-corrected chi connectivity index (χ4v) is 2.73. The fourth-order valence-electron chi connectivity index (χ4n) is 2.73. The van der Waals surface area contributed by atoms with Crippen LogP contribution in [0.1, 0.15) is 32.6 Å². The van der Waals surface area contributed by atoms with Crippen molar-refractivity contribution in [3.8, 4) is 0 Å². The Morgan fingerprint density at radius 3 is 2.57 bits per heavy atom. The SMILES string of the molecule is CCCC1(N)CN(C2CCOCC2)C1. The average molecular weight is 198 g/mol. The zero-order valence-electron chi connectivity index (χ0n) is 9.17. The molecule has 0 unspecified atom stereocenters. The van der Waals surface area contributed by atoms with Crippen LogP contribution in [0.4, 0.5) is 0 Å². The van der Waals surface area contributed by atoms with Gasteiger partial charge in [0, 0.05) is 37.9 Å². The van der Waals surface area contributed by atoms with Gasteiger partial charge in [-0.15, -0.1) is 0 Å². The van der Waals surface area contributed by atoms with Crippen molar-refractivity contribution in [3.05, 3.63) is 0 Å². The van der Waals surface area contributed by atoms with Crippen LogP contribution >= 0.6 is 0 Å². The van der Waals surface area contributed by atoms with Crippen LogP contribution in [0.2, 0.25) is 0 Å². The van der Waals surface area contributed by atoms with Crippen molar-refractivity contribution >= 4 is 0 Å². The van der Waals surface area contributed by atoms with Crippen LogP contribution in [0.15, 0.2) is 0 Å². The first-order chi connectivity index (χ1) is 6.73. The smallest absolute Gasteiger partial charge is 0.0480 e. The second-order valence-corrected chi connectivity index (χ2v) is 4.86. The Labute approximate surface area is 86.6 Å². The van der Waals surface area contributed by atoms with Crippen LogP contribution in [-0.2, 0) is 4.74 Å². The number of nitrogens with two attached hydrogens (primary N) is 1. The summed E-state index contributed by atoms with van der Waals surface area (Å²) in [6.45, 7) is 6.29. The molecule has 0 atom stereocenters. The molecule has 0 bridgehead atoms. The number of hydrogen-bond acceptors (Lipinski definition) is 3. The summed E-state index contributed by atoms with van der Waals surface area (Å²) in [6, 6.07) is 0.747. The van der Waals surface area contributed by atoms with Gasteiger partial charge in [0.1, 0.15) is 0 Å². The first kappa shape index (κ1) is 10.4. The van der Waals surface area contributed by atoms with E-state index in [0.717, 1.165) is 32.3 Å². The van der Waals surface area contributed by atoms with Crippen molar-refractivity contribution < 1.29 is 4.74 Å². The van der Waals surface area contributed by atoms with Crippen molar-refractivity contribution in [2.24, 2.45) is 5.73 Å². The van der Waals surface area contributed by atoms with Crippen molar-refractivity contribution in [3.63, 3.8) is 0 Å². The summed E-state index contributed by atoms with van der Waals surface area (Å²) in [5, 5.41) is 0. The number of rotatable bonds is 3. The van der Waals surface area contributed by atoms with E-state index in [4.69, 9.17) is 10.5 Å². The lowest BCUT2D eigenvalue weighted by molar-refractivity contribution is -0.0290. The van der Waals surface area contributed by atoms with Gasteiger partial charge in [-0.25, -0.2) is 0 Å². The predicted molar refractivity (Wildman–Crippen MR) is 57.2 cm³/mol. The summed E-state index contributed by atoms with van der Waals surface area (Å²) < 4.78 is 5.36. The van der Waals surface area contributed by atoms with Crippen molar-refractivity contribution in [1.29, 1.82) is 0 Å². The van der Waals surface area contributed by atoms with Crippen molar-refractivity contribution in [1.82, 2.24) is 4.90 Å². The number of hydrogen-bond donors (Lipinski definition) is 1. The number of likely N-dealkylation sites (tertiary alicyclic amines) is 1. The molecule has 2 aliphatic rings. The minimum Gasteiger partial charge on any atom is -0.381 e. The molecule has 3 heteroatoms. The highest BCUT2D eigenvalue weighted by Gasteiger charge is 2.41. The van der Waals surface area contributed by atoms with Crippen LogP contribution < -0.4 is 5.73 Å². The van der Waals surface area contributed by atoms with E-state index >= 15 is 0 Å². The quantitative estimate of drug-likeness (QED) is 0.734. The van der Waals surface area contributed by atoms with Gasteiger partial charge in [0.05, 0.1) is 0 Å².